The molecule has 9 heteroatoms. The van der Waals surface area contributed by atoms with Crippen molar-refractivity contribution >= 4 is 23.7 Å². The Morgan fingerprint density at radius 2 is 2.08 bits per heavy atom. The van der Waals surface area contributed by atoms with Crippen LogP contribution in [0.25, 0.3) is 0 Å². The molecule has 132 valence electrons. The van der Waals surface area contributed by atoms with Gasteiger partial charge in [0.1, 0.15) is 0 Å². The van der Waals surface area contributed by atoms with Crippen LogP contribution >= 0.6 is 11.8 Å². The van der Waals surface area contributed by atoms with Crippen LogP contribution in [0.5, 0.6) is 0 Å². The van der Waals surface area contributed by atoms with E-state index in [0.717, 1.165) is 30.2 Å². The van der Waals surface area contributed by atoms with E-state index in [1.54, 1.807) is 11.5 Å². The average Bonchev–Trinajstić information content (AvgIpc) is 3.37. The third kappa shape index (κ3) is 4.50. The molecule has 0 aliphatic heterocycles. The highest BCUT2D eigenvalue weighted by Gasteiger charge is 2.30. The largest absolute Gasteiger partial charge is 0.344 e. The van der Waals surface area contributed by atoms with E-state index in [4.69, 9.17) is 0 Å². The Morgan fingerprint density at radius 3 is 2.76 bits per heavy atom. The fourth-order valence-electron chi connectivity index (χ4n) is 2.28. The van der Waals surface area contributed by atoms with Gasteiger partial charge in [0.25, 0.3) is 0 Å². The van der Waals surface area contributed by atoms with Crippen LogP contribution in [-0.2, 0) is 11.3 Å². The number of rotatable bonds is 6. The third-order valence-corrected chi connectivity index (χ3v) is 4.83. The van der Waals surface area contributed by atoms with Crippen LogP contribution < -0.4 is 16.3 Å². The number of thioether (sulfide) groups is 1. The van der Waals surface area contributed by atoms with Gasteiger partial charge in [0, 0.05) is 12.6 Å². The molecule has 1 aromatic heterocycles. The van der Waals surface area contributed by atoms with Crippen molar-refractivity contribution in [3.8, 4) is 0 Å². The molecule has 1 aliphatic rings. The fourth-order valence-corrected chi connectivity index (χ4v) is 3.20. The summed E-state index contributed by atoms with van der Waals surface area (Å²) >= 11 is 1.15. The highest BCUT2D eigenvalue weighted by atomic mass is 32.2. The second kappa shape index (κ2) is 7.56. The van der Waals surface area contributed by atoms with Crippen LogP contribution in [-0.4, -0.2) is 32.0 Å². The van der Waals surface area contributed by atoms with Crippen molar-refractivity contribution in [2.24, 2.45) is 0 Å². The van der Waals surface area contributed by atoms with Gasteiger partial charge in [0.15, 0.2) is 5.16 Å². The maximum atomic E-state index is 12.2. The van der Waals surface area contributed by atoms with Gasteiger partial charge in [-0.15, -0.1) is 5.10 Å². The topological polar surface area (TPSA) is 109 Å². The summed E-state index contributed by atoms with van der Waals surface area (Å²) < 4.78 is 1.57. The first-order valence-corrected chi connectivity index (χ1v) is 8.88. The summed E-state index contributed by atoms with van der Waals surface area (Å²) in [6, 6.07) is 9.03. The van der Waals surface area contributed by atoms with Gasteiger partial charge in [-0.3, -0.25) is 14.7 Å². The second-order valence-corrected chi connectivity index (χ2v) is 7.14. The number of nitrogens with one attached hydrogen (secondary N) is 3. The predicted octanol–water partition coefficient (Wildman–Crippen LogP) is 1.41. The lowest BCUT2D eigenvalue weighted by molar-refractivity contribution is -0.119. The molecule has 1 fully saturated rings. The van der Waals surface area contributed by atoms with Crippen molar-refractivity contribution in [1.82, 2.24) is 25.4 Å². The normalized spacial score (nSPS) is 14.8. The Labute approximate surface area is 148 Å². The van der Waals surface area contributed by atoms with E-state index in [9.17, 15) is 14.4 Å². The summed E-state index contributed by atoms with van der Waals surface area (Å²) in [5.74, 6) is -0.437. The van der Waals surface area contributed by atoms with Gasteiger partial charge >= 0.3 is 11.7 Å². The highest BCUT2D eigenvalue weighted by molar-refractivity contribution is 8.00. The number of urea groups is 1. The number of hydrogen-bond donors (Lipinski definition) is 3. The molecule has 3 N–H and O–H groups in total. The Morgan fingerprint density at radius 1 is 1.36 bits per heavy atom. The Hall–Kier alpha value is -2.55. The number of aromatic nitrogens is 3. The molecular formula is C16H19N5O3S. The number of nitrogens with zero attached hydrogens (tertiary/aromatic N) is 2. The van der Waals surface area contributed by atoms with Crippen LogP contribution in [0.1, 0.15) is 31.4 Å². The third-order valence-electron chi connectivity index (χ3n) is 3.77. The smallest absolute Gasteiger partial charge is 0.334 e. The Kier molecular flexibility index (Phi) is 5.22. The summed E-state index contributed by atoms with van der Waals surface area (Å²) in [6.07, 6.45) is 1.88. The number of H-pyrrole nitrogens is 1. The number of aromatic amines is 1. The van der Waals surface area contributed by atoms with Crippen molar-refractivity contribution in [1.29, 1.82) is 0 Å². The van der Waals surface area contributed by atoms with E-state index in [2.05, 4.69) is 20.8 Å². The van der Waals surface area contributed by atoms with Gasteiger partial charge in [0.2, 0.25) is 5.91 Å². The molecule has 1 heterocycles. The molecule has 0 spiro atoms. The molecule has 1 saturated carbocycles. The minimum absolute atomic E-state index is 0.165. The zero-order chi connectivity index (χ0) is 17.8. The van der Waals surface area contributed by atoms with Crippen molar-refractivity contribution in [2.75, 3.05) is 0 Å². The van der Waals surface area contributed by atoms with E-state index in [1.165, 1.54) is 0 Å². The van der Waals surface area contributed by atoms with Crippen molar-refractivity contribution in [3.05, 3.63) is 46.4 Å². The minimum Gasteiger partial charge on any atom is -0.334 e. The van der Waals surface area contributed by atoms with Crippen LogP contribution in [0.2, 0.25) is 0 Å². The lowest BCUT2D eigenvalue weighted by atomic mass is 10.2. The van der Waals surface area contributed by atoms with Gasteiger partial charge < -0.3 is 5.32 Å². The summed E-state index contributed by atoms with van der Waals surface area (Å²) in [4.78, 5) is 35.7. The molecule has 1 atom stereocenters. The first-order valence-electron chi connectivity index (χ1n) is 8.01. The monoisotopic (exact) mass is 361 g/mol. The SMILES string of the molecule is CC(Sc1n[nH]c(=O)n1C1CC1)C(=O)NC(=O)NCc1ccccc1. The van der Waals surface area contributed by atoms with Crippen LogP contribution in [0, 0.1) is 0 Å². The lowest BCUT2D eigenvalue weighted by Crippen LogP contribution is -2.42. The molecule has 8 nitrogen and oxygen atoms in total. The summed E-state index contributed by atoms with van der Waals surface area (Å²) in [6.45, 7) is 2.00. The standard InChI is InChI=1S/C16H19N5O3S/c1-10(25-16-20-19-15(24)21(16)12-7-8-12)13(22)18-14(23)17-9-11-5-3-2-4-6-11/h2-6,10,12H,7-9H2,1H3,(H,19,24)(H2,17,18,22,23). The maximum absolute atomic E-state index is 12.2. The second-order valence-electron chi connectivity index (χ2n) is 5.83. The van der Waals surface area contributed by atoms with E-state index >= 15 is 0 Å². The van der Waals surface area contributed by atoms with Gasteiger partial charge in [-0.1, -0.05) is 42.1 Å². The lowest BCUT2D eigenvalue weighted by Gasteiger charge is -2.12. The number of imide groups is 1. The van der Waals surface area contributed by atoms with E-state index < -0.39 is 17.2 Å². The van der Waals surface area contributed by atoms with E-state index in [1.807, 2.05) is 30.3 Å². The van der Waals surface area contributed by atoms with Gasteiger partial charge in [-0.2, -0.15) is 0 Å². The number of carbonyl (C=O) groups is 2. The minimum atomic E-state index is -0.560. The zero-order valence-corrected chi connectivity index (χ0v) is 14.5. The summed E-state index contributed by atoms with van der Waals surface area (Å²) in [5, 5.41) is 11.2. The predicted molar refractivity (Wildman–Crippen MR) is 93.3 cm³/mol. The molecule has 1 aromatic carbocycles. The fraction of sp³-hybridized carbons (Fsp3) is 0.375. The molecule has 0 bridgehead atoms. The van der Waals surface area contributed by atoms with Gasteiger partial charge in [0.05, 0.1) is 5.25 Å². The molecule has 3 rings (SSSR count). The van der Waals surface area contributed by atoms with Crippen molar-refractivity contribution in [3.63, 3.8) is 0 Å². The van der Waals surface area contributed by atoms with Crippen LogP contribution in [0.3, 0.4) is 0 Å². The molecule has 2 aromatic rings. The molecule has 25 heavy (non-hydrogen) atoms. The van der Waals surface area contributed by atoms with Crippen molar-refractivity contribution < 1.29 is 9.59 Å². The number of benzene rings is 1. The molecular weight excluding hydrogens is 342 g/mol. The zero-order valence-electron chi connectivity index (χ0n) is 13.7. The Bertz CT molecular complexity index is 813. The average molecular weight is 361 g/mol. The Balaban J connectivity index is 1.50. The summed E-state index contributed by atoms with van der Waals surface area (Å²) in [5.41, 5.74) is 0.677. The first kappa shape index (κ1) is 17.3. The number of carbonyl (C=O) groups excluding carboxylic acids is 2. The highest BCUT2D eigenvalue weighted by Crippen LogP contribution is 2.36. The number of hydrogen-bond acceptors (Lipinski definition) is 5. The molecule has 3 amide bonds. The van der Waals surface area contributed by atoms with Crippen LogP contribution in [0.4, 0.5) is 4.79 Å². The molecule has 1 unspecified atom stereocenters. The van der Waals surface area contributed by atoms with Crippen molar-refractivity contribution in [2.45, 2.75) is 42.8 Å². The van der Waals surface area contributed by atoms with E-state index in [0.29, 0.717) is 11.7 Å². The van der Waals surface area contributed by atoms with Gasteiger partial charge in [-0.25, -0.2) is 14.7 Å². The van der Waals surface area contributed by atoms with Gasteiger partial charge in [-0.05, 0) is 25.3 Å². The molecule has 0 saturated heterocycles. The number of amides is 3. The van der Waals surface area contributed by atoms with E-state index in [-0.39, 0.29) is 11.7 Å². The molecule has 0 radical (unpaired) electrons. The van der Waals surface area contributed by atoms with Crippen LogP contribution in [0.15, 0.2) is 40.3 Å². The summed E-state index contributed by atoms with van der Waals surface area (Å²) in [7, 11) is 0. The quantitative estimate of drug-likeness (QED) is 0.674. The first-order chi connectivity index (χ1) is 12.0. The molecule has 1 aliphatic carbocycles. The maximum Gasteiger partial charge on any atom is 0.344 e.